The number of benzene rings is 1. The zero-order valence-corrected chi connectivity index (χ0v) is 15.5. The van der Waals surface area contributed by atoms with Crippen LogP contribution in [0, 0.1) is 6.92 Å². The van der Waals surface area contributed by atoms with Crippen LogP contribution in [0.25, 0.3) is 0 Å². The lowest BCUT2D eigenvalue weighted by Crippen LogP contribution is -2.36. The first-order valence-electron chi connectivity index (χ1n) is 9.13. The fourth-order valence-electron chi connectivity index (χ4n) is 4.39. The number of hydrogen-bond acceptors (Lipinski definition) is 5. The third-order valence-electron chi connectivity index (χ3n) is 5.64. The van der Waals surface area contributed by atoms with Gasteiger partial charge in [-0.2, -0.15) is 0 Å². The van der Waals surface area contributed by atoms with Crippen LogP contribution in [0.5, 0.6) is 11.5 Å². The lowest BCUT2D eigenvalue weighted by Gasteiger charge is -2.28. The Morgan fingerprint density at radius 2 is 1.77 bits per heavy atom. The molecule has 1 fully saturated rings. The number of aromatic amines is 1. The van der Waals surface area contributed by atoms with E-state index in [4.69, 9.17) is 9.47 Å². The molecule has 1 N–H and O–H groups in total. The van der Waals surface area contributed by atoms with Gasteiger partial charge in [0, 0.05) is 36.7 Å². The van der Waals surface area contributed by atoms with Crippen LogP contribution in [-0.2, 0) is 19.4 Å². The first-order valence-corrected chi connectivity index (χ1v) is 9.13. The van der Waals surface area contributed by atoms with Gasteiger partial charge in [0.25, 0.3) is 5.56 Å². The van der Waals surface area contributed by atoms with E-state index in [0.29, 0.717) is 17.9 Å². The van der Waals surface area contributed by atoms with Gasteiger partial charge in [0.15, 0.2) is 0 Å². The van der Waals surface area contributed by atoms with Gasteiger partial charge in [-0.25, -0.2) is 4.98 Å². The second-order valence-corrected chi connectivity index (χ2v) is 7.26. The molecule has 138 valence electrons. The molecular formula is C20H25N3O3. The summed E-state index contributed by atoms with van der Waals surface area (Å²) in [5.74, 6) is 2.31. The van der Waals surface area contributed by atoms with Crippen molar-refractivity contribution < 1.29 is 9.47 Å². The number of aromatic nitrogens is 2. The lowest BCUT2D eigenvalue weighted by atomic mass is 9.98. The predicted molar refractivity (Wildman–Crippen MR) is 98.9 cm³/mol. The molecule has 1 aromatic carbocycles. The van der Waals surface area contributed by atoms with Crippen LogP contribution < -0.4 is 15.0 Å². The van der Waals surface area contributed by atoms with Gasteiger partial charge in [-0.15, -0.1) is 0 Å². The summed E-state index contributed by atoms with van der Waals surface area (Å²) < 4.78 is 10.8. The standard InChI is InChI=1S/C20H25N3O3/c1-12-21-19-9-15-5-4-14(8-18(19)20(24)22-12)23(15)11-13-6-16(25-2)10-17(7-13)26-3/h6-7,10,14-15H,4-5,8-9,11H2,1-3H3,(H,21,22,24). The first kappa shape index (κ1) is 17.1. The fourth-order valence-corrected chi connectivity index (χ4v) is 4.39. The maximum Gasteiger partial charge on any atom is 0.254 e. The summed E-state index contributed by atoms with van der Waals surface area (Å²) in [4.78, 5) is 22.4. The molecule has 0 radical (unpaired) electrons. The molecule has 0 spiro atoms. The van der Waals surface area contributed by atoms with Crippen molar-refractivity contribution in [3.05, 3.63) is 51.2 Å². The summed E-state index contributed by atoms with van der Waals surface area (Å²) in [7, 11) is 3.34. The number of methoxy groups -OCH3 is 2. The summed E-state index contributed by atoms with van der Waals surface area (Å²) in [5.41, 5.74) is 3.05. The van der Waals surface area contributed by atoms with Crippen molar-refractivity contribution in [2.24, 2.45) is 0 Å². The SMILES string of the molecule is COc1cc(CN2C3CCC2Cc2c(nc(C)[nH]c2=O)C3)cc(OC)c1. The Balaban J connectivity index is 1.64. The van der Waals surface area contributed by atoms with Crippen LogP contribution in [0.4, 0.5) is 0 Å². The van der Waals surface area contributed by atoms with Gasteiger partial charge >= 0.3 is 0 Å². The van der Waals surface area contributed by atoms with Crippen LogP contribution >= 0.6 is 0 Å². The predicted octanol–water partition coefficient (Wildman–Crippen LogP) is 2.23. The van der Waals surface area contributed by atoms with Gasteiger partial charge in [0.05, 0.1) is 19.9 Å². The highest BCUT2D eigenvalue weighted by molar-refractivity contribution is 5.38. The Labute approximate surface area is 153 Å². The number of H-pyrrole nitrogens is 1. The van der Waals surface area contributed by atoms with Gasteiger partial charge < -0.3 is 14.5 Å². The summed E-state index contributed by atoms with van der Waals surface area (Å²) in [6, 6.07) is 6.82. The Morgan fingerprint density at radius 1 is 1.12 bits per heavy atom. The van der Waals surface area contributed by atoms with E-state index in [1.165, 1.54) is 5.56 Å². The van der Waals surface area contributed by atoms with Crippen molar-refractivity contribution in [1.82, 2.24) is 14.9 Å². The zero-order valence-electron chi connectivity index (χ0n) is 15.5. The summed E-state index contributed by atoms with van der Waals surface area (Å²) in [6.45, 7) is 2.68. The fraction of sp³-hybridized carbons (Fsp3) is 0.500. The Hall–Kier alpha value is -2.34. The van der Waals surface area contributed by atoms with Crippen molar-refractivity contribution in [2.75, 3.05) is 14.2 Å². The van der Waals surface area contributed by atoms with E-state index in [1.54, 1.807) is 14.2 Å². The van der Waals surface area contributed by atoms with E-state index in [-0.39, 0.29) is 5.56 Å². The minimum atomic E-state index is 0.0306. The van der Waals surface area contributed by atoms with E-state index < -0.39 is 0 Å². The van der Waals surface area contributed by atoms with Crippen LogP contribution in [-0.4, -0.2) is 41.2 Å². The minimum absolute atomic E-state index is 0.0306. The molecule has 6 nitrogen and oxygen atoms in total. The molecule has 2 aromatic rings. The van der Waals surface area contributed by atoms with Crippen LogP contribution in [0.3, 0.4) is 0 Å². The number of nitrogens with zero attached hydrogens (tertiary/aromatic N) is 2. The maximum absolute atomic E-state index is 12.4. The Bertz CT molecular complexity index is 855. The zero-order chi connectivity index (χ0) is 18.3. The Morgan fingerprint density at radius 3 is 2.42 bits per heavy atom. The molecule has 1 aromatic heterocycles. The third-order valence-corrected chi connectivity index (χ3v) is 5.64. The van der Waals surface area contributed by atoms with E-state index in [2.05, 4.69) is 27.0 Å². The monoisotopic (exact) mass is 355 g/mol. The van der Waals surface area contributed by atoms with Crippen LogP contribution in [0.15, 0.2) is 23.0 Å². The quantitative estimate of drug-likeness (QED) is 0.911. The molecule has 26 heavy (non-hydrogen) atoms. The second-order valence-electron chi connectivity index (χ2n) is 7.26. The van der Waals surface area contributed by atoms with Gasteiger partial charge in [0.1, 0.15) is 17.3 Å². The summed E-state index contributed by atoms with van der Waals surface area (Å²) >= 11 is 0. The highest BCUT2D eigenvalue weighted by Crippen LogP contribution is 2.34. The van der Waals surface area contributed by atoms with E-state index >= 15 is 0 Å². The molecule has 2 aliphatic rings. The molecular weight excluding hydrogens is 330 g/mol. The molecule has 3 heterocycles. The highest BCUT2D eigenvalue weighted by Gasteiger charge is 2.38. The van der Waals surface area contributed by atoms with E-state index in [9.17, 15) is 4.79 Å². The van der Waals surface area contributed by atoms with E-state index in [1.807, 2.05) is 13.0 Å². The topological polar surface area (TPSA) is 67.5 Å². The molecule has 2 bridgehead atoms. The molecule has 0 saturated carbocycles. The number of ether oxygens (including phenoxy) is 2. The molecule has 1 saturated heterocycles. The molecule has 0 amide bonds. The molecule has 4 rings (SSSR count). The molecule has 0 aliphatic carbocycles. The molecule has 2 unspecified atom stereocenters. The molecule has 2 atom stereocenters. The second kappa shape index (κ2) is 6.76. The smallest absolute Gasteiger partial charge is 0.254 e. The Kier molecular flexibility index (Phi) is 4.44. The van der Waals surface area contributed by atoms with Gasteiger partial charge in [-0.1, -0.05) is 0 Å². The minimum Gasteiger partial charge on any atom is -0.497 e. The van der Waals surface area contributed by atoms with Crippen LogP contribution in [0.2, 0.25) is 0 Å². The molecule has 6 heteroatoms. The number of fused-ring (bicyclic) bond motifs is 3. The lowest BCUT2D eigenvalue weighted by molar-refractivity contribution is 0.187. The summed E-state index contributed by atoms with van der Waals surface area (Å²) in [5, 5.41) is 0. The number of rotatable bonds is 4. The number of nitrogens with one attached hydrogen (secondary N) is 1. The van der Waals surface area contributed by atoms with Gasteiger partial charge in [0.2, 0.25) is 0 Å². The van der Waals surface area contributed by atoms with Gasteiger partial charge in [-0.05, 0) is 43.9 Å². The average molecular weight is 355 g/mol. The normalized spacial score (nSPS) is 22.0. The largest absolute Gasteiger partial charge is 0.497 e. The summed E-state index contributed by atoms with van der Waals surface area (Å²) in [6.07, 6.45) is 3.89. The van der Waals surface area contributed by atoms with Crippen molar-refractivity contribution in [3.63, 3.8) is 0 Å². The van der Waals surface area contributed by atoms with E-state index in [0.717, 1.165) is 55.0 Å². The van der Waals surface area contributed by atoms with Crippen LogP contribution in [0.1, 0.15) is 35.5 Å². The van der Waals surface area contributed by atoms with Crippen molar-refractivity contribution in [2.45, 2.75) is 51.2 Å². The van der Waals surface area contributed by atoms with Gasteiger partial charge in [-0.3, -0.25) is 9.69 Å². The van der Waals surface area contributed by atoms with Crippen molar-refractivity contribution in [1.29, 1.82) is 0 Å². The van der Waals surface area contributed by atoms with Crippen molar-refractivity contribution >= 4 is 0 Å². The number of hydrogen-bond donors (Lipinski definition) is 1. The maximum atomic E-state index is 12.4. The van der Waals surface area contributed by atoms with Crippen molar-refractivity contribution in [3.8, 4) is 11.5 Å². The molecule has 2 aliphatic heterocycles. The first-order chi connectivity index (χ1) is 12.6. The number of aryl methyl sites for hydroxylation is 1. The third kappa shape index (κ3) is 3.09. The highest BCUT2D eigenvalue weighted by atomic mass is 16.5. The average Bonchev–Trinajstić information content (AvgIpc) is 2.90.